The van der Waals surface area contributed by atoms with Gasteiger partial charge in [-0.1, -0.05) is 53.5 Å². The number of benzene rings is 3. The van der Waals surface area contributed by atoms with Crippen LogP contribution < -0.4 is 4.74 Å². The van der Waals surface area contributed by atoms with Crippen molar-refractivity contribution < 1.29 is 14.6 Å². The van der Waals surface area contributed by atoms with Gasteiger partial charge in [0, 0.05) is 23.3 Å². The zero-order valence-electron chi connectivity index (χ0n) is 18.4. The fourth-order valence-corrected chi connectivity index (χ4v) is 3.96. The van der Waals surface area contributed by atoms with Crippen molar-refractivity contribution in [2.45, 2.75) is 20.1 Å². The molecule has 34 heavy (non-hydrogen) atoms. The van der Waals surface area contributed by atoms with Gasteiger partial charge < -0.3 is 14.4 Å². The second-order valence-electron chi connectivity index (χ2n) is 7.59. The van der Waals surface area contributed by atoms with E-state index in [-0.39, 0.29) is 5.56 Å². The number of rotatable bonds is 8. The van der Waals surface area contributed by atoms with E-state index in [1.807, 2.05) is 54.7 Å². The van der Waals surface area contributed by atoms with Crippen LogP contribution in [0, 0.1) is 0 Å². The van der Waals surface area contributed by atoms with Gasteiger partial charge in [-0.3, -0.25) is 0 Å². The molecule has 0 aliphatic carbocycles. The Morgan fingerprint density at radius 2 is 1.85 bits per heavy atom. The van der Waals surface area contributed by atoms with Crippen molar-refractivity contribution >= 4 is 41.3 Å². The summed E-state index contributed by atoms with van der Waals surface area (Å²) in [7, 11) is 0. The number of carboxylic acid groups (broad SMARTS) is 1. The van der Waals surface area contributed by atoms with Crippen molar-refractivity contribution in [2.24, 2.45) is 0 Å². The maximum atomic E-state index is 11.1. The molecule has 0 bridgehead atoms. The minimum atomic E-state index is -0.954. The van der Waals surface area contributed by atoms with Crippen LogP contribution >= 0.6 is 23.2 Å². The summed E-state index contributed by atoms with van der Waals surface area (Å²) < 4.78 is 7.85. The molecule has 3 aromatic carbocycles. The van der Waals surface area contributed by atoms with Crippen molar-refractivity contribution in [2.75, 3.05) is 0 Å². The molecule has 0 unspecified atom stereocenters. The topological polar surface area (TPSA) is 64.4 Å². The smallest absolute Gasteiger partial charge is 0.335 e. The van der Waals surface area contributed by atoms with E-state index in [4.69, 9.17) is 38.0 Å². The zero-order valence-corrected chi connectivity index (χ0v) is 19.9. The minimum absolute atomic E-state index is 0.244. The molecular formula is C27H22Cl2N2O3. The van der Waals surface area contributed by atoms with E-state index in [1.54, 1.807) is 30.3 Å². The molecule has 172 valence electrons. The third-order valence-corrected chi connectivity index (χ3v) is 5.79. The van der Waals surface area contributed by atoms with Crippen molar-refractivity contribution in [3.8, 4) is 17.0 Å². The number of carboxylic acids is 1. The van der Waals surface area contributed by atoms with Gasteiger partial charge in [0.15, 0.2) is 0 Å². The summed E-state index contributed by atoms with van der Waals surface area (Å²) in [5, 5.41) is 10.3. The average Bonchev–Trinajstić information content (AvgIpc) is 3.25. The maximum Gasteiger partial charge on any atom is 0.335 e. The van der Waals surface area contributed by atoms with Gasteiger partial charge in [-0.2, -0.15) is 0 Å². The molecule has 5 nitrogen and oxygen atoms in total. The third-order valence-electron chi connectivity index (χ3n) is 5.24. The molecule has 1 aromatic heterocycles. The lowest BCUT2D eigenvalue weighted by Crippen LogP contribution is -2.00. The van der Waals surface area contributed by atoms with Crippen LogP contribution in [-0.2, 0) is 13.2 Å². The molecule has 0 aliphatic rings. The van der Waals surface area contributed by atoms with Gasteiger partial charge in [-0.25, -0.2) is 9.78 Å². The summed E-state index contributed by atoms with van der Waals surface area (Å²) in [6, 6.07) is 19.8. The highest BCUT2D eigenvalue weighted by atomic mass is 35.5. The Labute approximate surface area is 207 Å². The van der Waals surface area contributed by atoms with Crippen molar-refractivity contribution in [3.63, 3.8) is 0 Å². The molecule has 4 aromatic rings. The fraction of sp³-hybridized carbons (Fsp3) is 0.111. The lowest BCUT2D eigenvalue weighted by Gasteiger charge is -2.07. The van der Waals surface area contributed by atoms with Crippen LogP contribution in [0.2, 0.25) is 10.0 Å². The Hall–Kier alpha value is -3.54. The van der Waals surface area contributed by atoms with Gasteiger partial charge in [-0.15, -0.1) is 0 Å². The van der Waals surface area contributed by atoms with Crippen LogP contribution in [-0.4, -0.2) is 20.6 Å². The fourth-order valence-electron chi connectivity index (χ4n) is 3.45. The van der Waals surface area contributed by atoms with Crippen LogP contribution in [0.1, 0.15) is 34.2 Å². The zero-order chi connectivity index (χ0) is 24.1. The van der Waals surface area contributed by atoms with E-state index >= 15 is 0 Å². The van der Waals surface area contributed by atoms with Crippen LogP contribution in [0.15, 0.2) is 72.9 Å². The van der Waals surface area contributed by atoms with E-state index < -0.39 is 5.97 Å². The first kappa shape index (κ1) is 23.6. The Bertz CT molecular complexity index is 1340. The van der Waals surface area contributed by atoms with Gasteiger partial charge in [-0.05, 0) is 66.6 Å². The van der Waals surface area contributed by atoms with E-state index in [0.29, 0.717) is 22.4 Å². The normalized spacial score (nSPS) is 11.1. The van der Waals surface area contributed by atoms with Crippen molar-refractivity contribution in [1.82, 2.24) is 9.55 Å². The number of nitrogens with zero attached hydrogens (tertiary/aromatic N) is 2. The van der Waals surface area contributed by atoms with Crippen molar-refractivity contribution in [3.05, 3.63) is 105 Å². The standard InChI is InChI=1S/C27H22Cl2N2O3/c1-2-31-16-25(23-12-9-21(28)15-24(23)29)30-26(31)13-8-18-6-10-22(11-7-18)34-17-19-4-3-5-20(14-19)27(32)33/h3-16H,2,17H2,1H3,(H,32,33). The Morgan fingerprint density at radius 1 is 1.06 bits per heavy atom. The lowest BCUT2D eigenvalue weighted by atomic mass is 10.1. The molecule has 0 aliphatic heterocycles. The van der Waals surface area contributed by atoms with E-state index in [9.17, 15) is 4.79 Å². The predicted molar refractivity (Wildman–Crippen MR) is 136 cm³/mol. The number of halogens is 2. The summed E-state index contributed by atoms with van der Waals surface area (Å²) >= 11 is 12.4. The molecule has 0 spiro atoms. The second kappa shape index (κ2) is 10.6. The number of aromatic carboxylic acids is 1. The first-order chi connectivity index (χ1) is 16.4. The van der Waals surface area contributed by atoms with E-state index in [1.165, 1.54) is 0 Å². The Morgan fingerprint density at radius 3 is 2.56 bits per heavy atom. The summed E-state index contributed by atoms with van der Waals surface area (Å²) in [6.45, 7) is 3.12. The van der Waals surface area contributed by atoms with Crippen molar-refractivity contribution in [1.29, 1.82) is 0 Å². The van der Waals surface area contributed by atoms with E-state index in [2.05, 4.69) is 11.5 Å². The Kier molecular flexibility index (Phi) is 7.36. The van der Waals surface area contributed by atoms with Gasteiger partial charge in [0.2, 0.25) is 0 Å². The number of aryl methyl sites for hydroxylation is 1. The quantitative estimate of drug-likeness (QED) is 0.279. The molecule has 0 atom stereocenters. The number of carbonyl (C=O) groups is 1. The number of hydrogen-bond donors (Lipinski definition) is 1. The maximum absolute atomic E-state index is 11.1. The first-order valence-corrected chi connectivity index (χ1v) is 11.4. The van der Waals surface area contributed by atoms with Crippen LogP contribution in [0.25, 0.3) is 23.4 Å². The minimum Gasteiger partial charge on any atom is -0.489 e. The van der Waals surface area contributed by atoms with E-state index in [0.717, 1.165) is 34.8 Å². The average molecular weight is 493 g/mol. The molecule has 0 saturated carbocycles. The van der Waals surface area contributed by atoms with Gasteiger partial charge >= 0.3 is 5.97 Å². The van der Waals surface area contributed by atoms with Gasteiger partial charge in [0.25, 0.3) is 0 Å². The highest BCUT2D eigenvalue weighted by molar-refractivity contribution is 6.36. The summed E-state index contributed by atoms with van der Waals surface area (Å²) in [6.07, 6.45) is 5.93. The largest absolute Gasteiger partial charge is 0.489 e. The lowest BCUT2D eigenvalue weighted by molar-refractivity contribution is 0.0696. The summed E-state index contributed by atoms with van der Waals surface area (Å²) in [4.78, 5) is 15.8. The summed E-state index contributed by atoms with van der Waals surface area (Å²) in [5.41, 5.74) is 3.67. The number of aromatic nitrogens is 2. The summed E-state index contributed by atoms with van der Waals surface area (Å²) in [5.74, 6) is 0.569. The van der Waals surface area contributed by atoms with Crippen LogP contribution in [0.4, 0.5) is 0 Å². The number of imidazole rings is 1. The first-order valence-electron chi connectivity index (χ1n) is 10.7. The number of hydrogen-bond acceptors (Lipinski definition) is 3. The molecule has 7 heteroatoms. The molecule has 1 heterocycles. The molecular weight excluding hydrogens is 471 g/mol. The molecule has 0 amide bonds. The monoisotopic (exact) mass is 492 g/mol. The van der Waals surface area contributed by atoms with Crippen LogP contribution in [0.3, 0.4) is 0 Å². The molecule has 0 saturated heterocycles. The molecule has 0 fully saturated rings. The predicted octanol–water partition coefficient (Wildman–Crippen LogP) is 7.32. The molecule has 0 radical (unpaired) electrons. The third kappa shape index (κ3) is 5.68. The Balaban J connectivity index is 1.44. The molecule has 1 N–H and O–H groups in total. The number of ether oxygens (including phenoxy) is 1. The van der Waals surface area contributed by atoms with Crippen LogP contribution in [0.5, 0.6) is 5.75 Å². The molecule has 4 rings (SSSR count). The van der Waals surface area contributed by atoms with Gasteiger partial charge in [0.05, 0.1) is 16.3 Å². The highest BCUT2D eigenvalue weighted by Crippen LogP contribution is 2.30. The van der Waals surface area contributed by atoms with Gasteiger partial charge in [0.1, 0.15) is 18.2 Å². The SMILES string of the molecule is CCn1cc(-c2ccc(Cl)cc2Cl)nc1C=Cc1ccc(OCc2cccc(C(=O)O)c2)cc1. The highest BCUT2D eigenvalue weighted by Gasteiger charge is 2.10. The second-order valence-corrected chi connectivity index (χ2v) is 8.43.